The standard InChI is InChI=1S/C25H33BrN6O2/c1-3-30(4-2)17-19-8-5-6-14-31(19)15-13-28-25(34)32-22-11-10-18(26)16-20(22)24(33)29-21-9-7-12-27-23(21)32/h7,9-12,16,19H,3-6,8,13-15,17H2,1-2H3,(H,28,34)(H,29,33). The zero-order chi connectivity index (χ0) is 24.1. The van der Waals surface area contributed by atoms with Crippen molar-refractivity contribution in [1.82, 2.24) is 20.1 Å². The van der Waals surface area contributed by atoms with Crippen LogP contribution in [-0.4, -0.2) is 72.0 Å². The van der Waals surface area contributed by atoms with Crippen molar-refractivity contribution in [1.29, 1.82) is 0 Å². The normalized spacial score (nSPS) is 18.2. The van der Waals surface area contributed by atoms with Crippen molar-refractivity contribution >= 4 is 45.1 Å². The molecule has 9 heteroatoms. The number of fused-ring (bicyclic) bond motifs is 2. The molecule has 2 aromatic rings. The number of rotatable bonds is 7. The third-order valence-corrected chi connectivity index (χ3v) is 7.17. The van der Waals surface area contributed by atoms with Gasteiger partial charge in [-0.3, -0.25) is 9.69 Å². The fraction of sp³-hybridized carbons (Fsp3) is 0.480. The summed E-state index contributed by atoms with van der Waals surface area (Å²) >= 11 is 3.43. The zero-order valence-corrected chi connectivity index (χ0v) is 21.5. The summed E-state index contributed by atoms with van der Waals surface area (Å²) in [6.07, 6.45) is 5.28. The Labute approximate surface area is 209 Å². The summed E-state index contributed by atoms with van der Waals surface area (Å²) in [6.45, 7) is 9.98. The zero-order valence-electron chi connectivity index (χ0n) is 19.9. The van der Waals surface area contributed by atoms with Gasteiger partial charge in [0, 0.05) is 36.3 Å². The van der Waals surface area contributed by atoms with E-state index in [1.54, 1.807) is 30.5 Å². The molecule has 1 atom stereocenters. The molecule has 1 saturated heterocycles. The van der Waals surface area contributed by atoms with Gasteiger partial charge in [-0.05, 0) is 62.8 Å². The van der Waals surface area contributed by atoms with Crippen molar-refractivity contribution in [3.63, 3.8) is 0 Å². The lowest BCUT2D eigenvalue weighted by atomic mass is 10.0. The molecule has 2 aliphatic rings. The lowest BCUT2D eigenvalue weighted by Crippen LogP contribution is -2.50. The van der Waals surface area contributed by atoms with Crippen LogP contribution in [0.4, 0.5) is 22.0 Å². The minimum absolute atomic E-state index is 0.270. The van der Waals surface area contributed by atoms with Crippen molar-refractivity contribution < 1.29 is 9.59 Å². The van der Waals surface area contributed by atoms with Crippen molar-refractivity contribution in [2.24, 2.45) is 0 Å². The lowest BCUT2D eigenvalue weighted by Gasteiger charge is -2.38. The molecular formula is C25H33BrN6O2. The molecule has 2 aliphatic heterocycles. The largest absolute Gasteiger partial charge is 0.336 e. The number of aromatic nitrogens is 1. The van der Waals surface area contributed by atoms with Gasteiger partial charge >= 0.3 is 6.03 Å². The average Bonchev–Trinajstić information content (AvgIpc) is 2.97. The molecule has 182 valence electrons. The van der Waals surface area contributed by atoms with Gasteiger partial charge in [-0.1, -0.05) is 36.2 Å². The molecule has 3 amide bonds. The lowest BCUT2D eigenvalue weighted by molar-refractivity contribution is 0.102. The monoisotopic (exact) mass is 528 g/mol. The number of anilines is 3. The molecule has 0 radical (unpaired) electrons. The van der Waals surface area contributed by atoms with Crippen LogP contribution in [0, 0.1) is 0 Å². The third-order valence-electron chi connectivity index (χ3n) is 6.68. The summed E-state index contributed by atoms with van der Waals surface area (Å²) in [5.74, 6) is 0.139. The number of hydrogen-bond acceptors (Lipinski definition) is 5. The summed E-state index contributed by atoms with van der Waals surface area (Å²) in [7, 11) is 0. The van der Waals surface area contributed by atoms with E-state index in [0.717, 1.165) is 37.2 Å². The summed E-state index contributed by atoms with van der Waals surface area (Å²) in [6, 6.07) is 9.05. The van der Waals surface area contributed by atoms with Crippen LogP contribution in [0.2, 0.25) is 0 Å². The number of pyridine rings is 1. The Hall–Kier alpha value is -2.49. The van der Waals surface area contributed by atoms with Crippen LogP contribution in [0.15, 0.2) is 41.0 Å². The van der Waals surface area contributed by atoms with E-state index in [0.29, 0.717) is 35.3 Å². The van der Waals surface area contributed by atoms with Crippen molar-refractivity contribution in [2.75, 3.05) is 49.5 Å². The Morgan fingerprint density at radius 3 is 2.88 bits per heavy atom. The summed E-state index contributed by atoms with van der Waals surface area (Å²) < 4.78 is 0.769. The second-order valence-electron chi connectivity index (χ2n) is 8.73. The third kappa shape index (κ3) is 5.42. The number of nitrogens with zero attached hydrogens (tertiary/aromatic N) is 4. The molecule has 34 heavy (non-hydrogen) atoms. The first-order chi connectivity index (χ1) is 16.5. The first kappa shape index (κ1) is 24.6. The Kier molecular flexibility index (Phi) is 8.18. The molecule has 0 bridgehead atoms. The van der Waals surface area contributed by atoms with Gasteiger partial charge in [-0.25, -0.2) is 14.7 Å². The molecule has 1 aromatic heterocycles. The van der Waals surface area contributed by atoms with Gasteiger partial charge in [0.05, 0.1) is 16.9 Å². The molecule has 0 aliphatic carbocycles. The quantitative estimate of drug-likeness (QED) is 0.554. The van der Waals surface area contributed by atoms with Crippen LogP contribution < -0.4 is 15.5 Å². The van der Waals surface area contributed by atoms with Gasteiger partial charge in [-0.15, -0.1) is 0 Å². The molecule has 0 saturated carbocycles. The van der Waals surface area contributed by atoms with Crippen molar-refractivity contribution in [3.05, 3.63) is 46.6 Å². The smallest absolute Gasteiger partial charge is 0.327 e. The first-order valence-corrected chi connectivity index (χ1v) is 12.9. The summed E-state index contributed by atoms with van der Waals surface area (Å²) in [4.78, 5) is 37.2. The van der Waals surface area contributed by atoms with Crippen molar-refractivity contribution in [2.45, 2.75) is 39.2 Å². The number of carbonyl (C=O) groups is 2. The van der Waals surface area contributed by atoms with Gasteiger partial charge in [-0.2, -0.15) is 0 Å². The van der Waals surface area contributed by atoms with E-state index in [1.165, 1.54) is 24.2 Å². The highest BCUT2D eigenvalue weighted by molar-refractivity contribution is 9.10. The van der Waals surface area contributed by atoms with Crippen LogP contribution in [0.3, 0.4) is 0 Å². The van der Waals surface area contributed by atoms with E-state index in [1.807, 2.05) is 6.07 Å². The first-order valence-electron chi connectivity index (χ1n) is 12.1. The second kappa shape index (κ2) is 11.3. The van der Waals surface area contributed by atoms with Crippen LogP contribution >= 0.6 is 15.9 Å². The van der Waals surface area contributed by atoms with Gasteiger partial charge in [0.15, 0.2) is 5.82 Å². The number of halogens is 1. The Morgan fingerprint density at radius 1 is 1.26 bits per heavy atom. The van der Waals surface area contributed by atoms with Gasteiger partial charge in [0.2, 0.25) is 0 Å². The van der Waals surface area contributed by atoms with E-state index in [9.17, 15) is 9.59 Å². The van der Waals surface area contributed by atoms with E-state index in [4.69, 9.17) is 0 Å². The fourth-order valence-corrected chi connectivity index (χ4v) is 5.15. The molecule has 1 fully saturated rings. The summed E-state index contributed by atoms with van der Waals surface area (Å²) in [5, 5.41) is 5.96. The molecule has 1 unspecified atom stereocenters. The summed E-state index contributed by atoms with van der Waals surface area (Å²) in [5.41, 5.74) is 1.43. The van der Waals surface area contributed by atoms with E-state index in [2.05, 4.69) is 55.2 Å². The number of piperidine rings is 1. The van der Waals surface area contributed by atoms with Gasteiger partial charge < -0.3 is 15.5 Å². The van der Waals surface area contributed by atoms with E-state index >= 15 is 0 Å². The highest BCUT2D eigenvalue weighted by Crippen LogP contribution is 2.37. The van der Waals surface area contributed by atoms with Gasteiger partial charge in [0.1, 0.15) is 0 Å². The molecule has 0 spiro atoms. The Morgan fingerprint density at radius 2 is 2.09 bits per heavy atom. The van der Waals surface area contributed by atoms with Crippen molar-refractivity contribution in [3.8, 4) is 0 Å². The SMILES string of the molecule is CCN(CC)CC1CCCCN1CCNC(=O)N1c2ccc(Br)cc2C(=O)Nc2cccnc21. The molecule has 4 rings (SSSR count). The number of benzene rings is 1. The predicted octanol–water partition coefficient (Wildman–Crippen LogP) is 4.45. The highest BCUT2D eigenvalue weighted by Gasteiger charge is 2.31. The number of urea groups is 1. The minimum atomic E-state index is -0.294. The van der Waals surface area contributed by atoms with Crippen LogP contribution in [0.5, 0.6) is 0 Å². The van der Waals surface area contributed by atoms with E-state index in [-0.39, 0.29) is 11.9 Å². The topological polar surface area (TPSA) is 80.8 Å². The average molecular weight is 529 g/mol. The second-order valence-corrected chi connectivity index (χ2v) is 9.64. The fourth-order valence-electron chi connectivity index (χ4n) is 4.79. The molecular weight excluding hydrogens is 496 g/mol. The number of likely N-dealkylation sites (tertiary alicyclic amines) is 1. The Balaban J connectivity index is 1.49. The van der Waals surface area contributed by atoms with Crippen LogP contribution in [0.25, 0.3) is 0 Å². The molecule has 1 aromatic carbocycles. The van der Waals surface area contributed by atoms with Crippen LogP contribution in [0.1, 0.15) is 43.5 Å². The number of amides is 3. The highest BCUT2D eigenvalue weighted by atomic mass is 79.9. The number of likely N-dealkylation sites (N-methyl/N-ethyl adjacent to an activating group) is 1. The number of carbonyl (C=O) groups excluding carboxylic acids is 2. The number of nitrogens with one attached hydrogen (secondary N) is 2. The maximum Gasteiger partial charge on any atom is 0.327 e. The van der Waals surface area contributed by atoms with Gasteiger partial charge in [0.25, 0.3) is 5.91 Å². The molecule has 2 N–H and O–H groups in total. The van der Waals surface area contributed by atoms with Crippen LogP contribution in [-0.2, 0) is 0 Å². The predicted molar refractivity (Wildman–Crippen MR) is 139 cm³/mol. The molecule has 3 heterocycles. The molecule has 8 nitrogen and oxygen atoms in total. The minimum Gasteiger partial charge on any atom is -0.336 e. The number of hydrogen-bond donors (Lipinski definition) is 2. The van der Waals surface area contributed by atoms with E-state index < -0.39 is 0 Å². The Bertz CT molecular complexity index is 1030. The maximum absolute atomic E-state index is 13.5. The maximum atomic E-state index is 13.5.